The van der Waals surface area contributed by atoms with Gasteiger partial charge in [0.15, 0.2) is 0 Å². The maximum atomic E-state index is 10.7. The van der Waals surface area contributed by atoms with Crippen molar-refractivity contribution < 1.29 is 9.53 Å². The molecule has 0 saturated carbocycles. The zero-order valence-corrected chi connectivity index (χ0v) is 8.92. The van der Waals surface area contributed by atoms with Gasteiger partial charge in [-0.15, -0.1) is 0 Å². The van der Waals surface area contributed by atoms with Crippen molar-refractivity contribution in [3.05, 3.63) is 0 Å². The van der Waals surface area contributed by atoms with E-state index in [0.717, 1.165) is 0 Å². The minimum absolute atomic E-state index is 0.112. The van der Waals surface area contributed by atoms with Gasteiger partial charge in [0.05, 0.1) is 0 Å². The van der Waals surface area contributed by atoms with Crippen molar-refractivity contribution in [1.82, 2.24) is 5.32 Å². The Morgan fingerprint density at radius 1 is 1.31 bits per heavy atom. The van der Waals surface area contributed by atoms with Crippen LogP contribution in [0.5, 0.6) is 0 Å². The molecule has 0 aromatic carbocycles. The zero-order chi connectivity index (χ0) is 10.4. The highest BCUT2D eigenvalue weighted by Crippen LogP contribution is 1.91. The minimum atomic E-state index is -0.354. The lowest BCUT2D eigenvalue weighted by Gasteiger charge is -2.12. The van der Waals surface area contributed by atoms with E-state index in [-0.39, 0.29) is 18.1 Å². The van der Waals surface area contributed by atoms with Crippen molar-refractivity contribution >= 4 is 12.0 Å². The maximum Gasteiger partial charge on any atom is 0.310 e. The van der Waals surface area contributed by atoms with Gasteiger partial charge in [-0.2, -0.15) is 0 Å². The quantitative estimate of drug-likeness (QED) is 0.402. The molecule has 13 heavy (non-hydrogen) atoms. The number of hydrogen-bond acceptors (Lipinski definition) is 3. The number of nitrogens with one attached hydrogen (secondary N) is 1. The smallest absolute Gasteiger partial charge is 0.310 e. The molecule has 0 spiro atoms. The lowest BCUT2D eigenvalue weighted by Crippen LogP contribution is -2.34. The Morgan fingerprint density at radius 3 is 2.15 bits per heavy atom. The first-order chi connectivity index (χ1) is 5.91. The molecule has 0 fully saturated rings. The number of hydrogen-bond donors (Lipinski definition) is 1. The van der Waals surface area contributed by atoms with E-state index in [4.69, 9.17) is 4.74 Å². The molecule has 76 valence electrons. The van der Waals surface area contributed by atoms with E-state index >= 15 is 0 Å². The van der Waals surface area contributed by atoms with Crippen LogP contribution in [0.15, 0.2) is 4.99 Å². The van der Waals surface area contributed by atoms with Gasteiger partial charge in [-0.05, 0) is 27.7 Å². The van der Waals surface area contributed by atoms with Crippen LogP contribution in [-0.2, 0) is 9.53 Å². The largest absolute Gasteiger partial charge is 0.393 e. The normalized spacial score (nSPS) is 12.1. The third kappa shape index (κ3) is 7.31. The Labute approximate surface area is 79.4 Å². The van der Waals surface area contributed by atoms with E-state index in [0.29, 0.717) is 6.02 Å². The fourth-order valence-corrected chi connectivity index (χ4v) is 0.711. The fourth-order valence-electron chi connectivity index (χ4n) is 0.711. The Morgan fingerprint density at radius 2 is 1.85 bits per heavy atom. The van der Waals surface area contributed by atoms with Gasteiger partial charge in [0.1, 0.15) is 0 Å². The van der Waals surface area contributed by atoms with E-state index in [9.17, 15) is 4.79 Å². The summed E-state index contributed by atoms with van der Waals surface area (Å²) < 4.78 is 4.87. The summed E-state index contributed by atoms with van der Waals surface area (Å²) in [6.45, 7) is 9.12. The van der Waals surface area contributed by atoms with Crippen LogP contribution >= 0.6 is 0 Å². The molecule has 1 N–H and O–H groups in total. The van der Waals surface area contributed by atoms with Crippen molar-refractivity contribution in [1.29, 1.82) is 0 Å². The molecule has 0 aromatic heterocycles. The number of aliphatic imine (C=N–C) groups is 1. The molecule has 0 radical (unpaired) electrons. The number of ether oxygens (including phenoxy) is 1. The Hall–Kier alpha value is -1.06. The van der Waals surface area contributed by atoms with E-state index in [1.807, 2.05) is 27.7 Å². The summed E-state index contributed by atoms with van der Waals surface area (Å²) in [5.41, 5.74) is 0. The standard InChI is InChI=1S/C9H18N2O2/c1-6(2)10-9(11-7(3)4)13-8(5)12/h6-7H,1-5H3,(H,10,11). The molecular weight excluding hydrogens is 168 g/mol. The molecule has 0 aromatic rings. The highest BCUT2D eigenvalue weighted by Gasteiger charge is 2.05. The molecule has 0 unspecified atom stereocenters. The number of rotatable bonds is 2. The van der Waals surface area contributed by atoms with Gasteiger partial charge < -0.3 is 10.1 Å². The fraction of sp³-hybridized carbons (Fsp3) is 0.778. The van der Waals surface area contributed by atoms with E-state index in [1.165, 1.54) is 6.92 Å². The molecule has 0 heterocycles. The van der Waals surface area contributed by atoms with Gasteiger partial charge in [0.2, 0.25) is 0 Å². The van der Waals surface area contributed by atoms with Crippen LogP contribution in [0.3, 0.4) is 0 Å². The van der Waals surface area contributed by atoms with Gasteiger partial charge in [0.25, 0.3) is 6.02 Å². The monoisotopic (exact) mass is 186 g/mol. The van der Waals surface area contributed by atoms with Crippen LogP contribution in [-0.4, -0.2) is 24.1 Å². The number of amidine groups is 1. The van der Waals surface area contributed by atoms with Gasteiger partial charge in [-0.3, -0.25) is 4.79 Å². The van der Waals surface area contributed by atoms with Crippen molar-refractivity contribution in [3.8, 4) is 0 Å². The van der Waals surface area contributed by atoms with Gasteiger partial charge >= 0.3 is 5.97 Å². The molecule has 0 bridgehead atoms. The highest BCUT2D eigenvalue weighted by atomic mass is 16.6. The Bertz CT molecular complexity index is 198. The van der Waals surface area contributed by atoms with Gasteiger partial charge in [-0.1, -0.05) is 0 Å². The molecule has 0 aliphatic carbocycles. The Balaban J connectivity index is 4.27. The summed E-state index contributed by atoms with van der Waals surface area (Å²) >= 11 is 0. The molecule has 4 heteroatoms. The van der Waals surface area contributed by atoms with Crippen LogP contribution in [0.2, 0.25) is 0 Å². The summed E-state index contributed by atoms with van der Waals surface area (Å²) in [7, 11) is 0. The second-order valence-corrected chi connectivity index (χ2v) is 3.42. The molecule has 0 atom stereocenters. The third-order valence-corrected chi connectivity index (χ3v) is 1.03. The predicted molar refractivity (Wildman–Crippen MR) is 52.6 cm³/mol. The number of esters is 1. The minimum Gasteiger partial charge on any atom is -0.393 e. The second-order valence-electron chi connectivity index (χ2n) is 3.42. The molecule has 0 aliphatic rings. The van der Waals surface area contributed by atoms with Crippen LogP contribution in [0, 0.1) is 0 Å². The molecule has 0 amide bonds. The molecular formula is C9H18N2O2. The zero-order valence-electron chi connectivity index (χ0n) is 8.92. The number of nitrogens with zero attached hydrogens (tertiary/aromatic N) is 1. The highest BCUT2D eigenvalue weighted by molar-refractivity contribution is 5.86. The summed E-state index contributed by atoms with van der Waals surface area (Å²) in [4.78, 5) is 14.8. The van der Waals surface area contributed by atoms with Crippen molar-refractivity contribution in [3.63, 3.8) is 0 Å². The Kier molecular flexibility index (Phi) is 5.11. The summed E-state index contributed by atoms with van der Waals surface area (Å²) in [5, 5.41) is 2.95. The van der Waals surface area contributed by atoms with Crippen LogP contribution < -0.4 is 5.32 Å². The first-order valence-electron chi connectivity index (χ1n) is 4.44. The third-order valence-electron chi connectivity index (χ3n) is 1.03. The van der Waals surface area contributed by atoms with E-state index < -0.39 is 0 Å². The topological polar surface area (TPSA) is 50.7 Å². The number of carbonyl (C=O) groups is 1. The lowest BCUT2D eigenvalue weighted by molar-refractivity contribution is -0.133. The van der Waals surface area contributed by atoms with Crippen LogP contribution in [0.1, 0.15) is 34.6 Å². The van der Waals surface area contributed by atoms with Crippen LogP contribution in [0.25, 0.3) is 0 Å². The molecule has 0 aliphatic heterocycles. The van der Waals surface area contributed by atoms with E-state index in [1.54, 1.807) is 0 Å². The summed E-state index contributed by atoms with van der Waals surface area (Å²) in [5.74, 6) is -0.354. The van der Waals surface area contributed by atoms with Crippen molar-refractivity contribution in [2.75, 3.05) is 0 Å². The summed E-state index contributed by atoms with van der Waals surface area (Å²) in [6.07, 6.45) is 0. The predicted octanol–water partition coefficient (Wildman–Crippen LogP) is 1.31. The first kappa shape index (κ1) is 11.9. The van der Waals surface area contributed by atoms with E-state index in [2.05, 4.69) is 10.3 Å². The SMILES string of the molecule is CC(=O)OC(=NC(C)C)NC(C)C. The maximum absolute atomic E-state index is 10.7. The molecule has 4 nitrogen and oxygen atoms in total. The number of carbonyl (C=O) groups excluding carboxylic acids is 1. The summed E-state index contributed by atoms with van der Waals surface area (Å²) in [6, 6.07) is 0.620. The van der Waals surface area contributed by atoms with Gasteiger partial charge in [-0.25, -0.2) is 4.99 Å². The average Bonchev–Trinajstić information content (AvgIpc) is 1.80. The lowest BCUT2D eigenvalue weighted by atomic mass is 10.4. The first-order valence-corrected chi connectivity index (χ1v) is 4.44. The molecule has 0 rings (SSSR count). The van der Waals surface area contributed by atoms with Crippen molar-refractivity contribution in [2.24, 2.45) is 4.99 Å². The van der Waals surface area contributed by atoms with Crippen LogP contribution in [0.4, 0.5) is 0 Å². The van der Waals surface area contributed by atoms with Crippen molar-refractivity contribution in [2.45, 2.75) is 46.7 Å². The average molecular weight is 186 g/mol. The van der Waals surface area contributed by atoms with Gasteiger partial charge in [0, 0.05) is 19.0 Å². The second kappa shape index (κ2) is 5.56. The molecule has 0 saturated heterocycles.